The lowest BCUT2D eigenvalue weighted by Crippen LogP contribution is -2.56. The van der Waals surface area contributed by atoms with Gasteiger partial charge < -0.3 is 24.7 Å². The molecule has 0 unspecified atom stereocenters. The molecule has 2 aromatic carbocycles. The number of aromatic nitrogens is 1. The summed E-state index contributed by atoms with van der Waals surface area (Å²) in [6.07, 6.45) is 1.72. The number of rotatable bonds is 5. The Morgan fingerprint density at radius 2 is 1.77 bits per heavy atom. The van der Waals surface area contributed by atoms with Crippen molar-refractivity contribution in [3.05, 3.63) is 71.4 Å². The zero-order valence-electron chi connectivity index (χ0n) is 20.5. The summed E-state index contributed by atoms with van der Waals surface area (Å²) in [6, 6.07) is 13.7. The minimum atomic E-state index is -0.943. The monoisotopic (exact) mass is 477 g/mol. The third-order valence-electron chi connectivity index (χ3n) is 6.09. The Hall–Kier alpha value is -3.81. The van der Waals surface area contributed by atoms with Gasteiger partial charge in [0, 0.05) is 36.5 Å². The highest BCUT2D eigenvalue weighted by atomic mass is 16.6. The van der Waals surface area contributed by atoms with Crippen LogP contribution in [0.2, 0.25) is 0 Å². The van der Waals surface area contributed by atoms with E-state index in [0.717, 1.165) is 27.6 Å². The molecular formula is C27H31N3O5. The van der Waals surface area contributed by atoms with E-state index < -0.39 is 29.7 Å². The van der Waals surface area contributed by atoms with E-state index >= 15 is 0 Å². The minimum absolute atomic E-state index is 0.230. The van der Waals surface area contributed by atoms with Crippen LogP contribution in [0.25, 0.3) is 10.9 Å². The third kappa shape index (κ3) is 5.48. The Morgan fingerprint density at radius 1 is 1.09 bits per heavy atom. The number of benzene rings is 2. The number of alkyl carbamates (subject to hydrolysis) is 1. The van der Waals surface area contributed by atoms with Crippen LogP contribution in [0, 0.1) is 0 Å². The third-order valence-corrected chi connectivity index (χ3v) is 6.09. The molecule has 184 valence electrons. The van der Waals surface area contributed by atoms with E-state index in [-0.39, 0.29) is 18.9 Å². The van der Waals surface area contributed by atoms with Crippen LogP contribution in [-0.2, 0) is 38.4 Å². The summed E-state index contributed by atoms with van der Waals surface area (Å²) in [6.45, 7) is 5.53. The van der Waals surface area contributed by atoms with Crippen molar-refractivity contribution in [3.8, 4) is 0 Å². The molecule has 8 heteroatoms. The molecule has 2 heterocycles. The van der Waals surface area contributed by atoms with E-state index in [1.54, 1.807) is 20.8 Å². The van der Waals surface area contributed by atoms with Gasteiger partial charge in [-0.25, -0.2) is 9.59 Å². The molecule has 2 atom stereocenters. The predicted molar refractivity (Wildman–Crippen MR) is 132 cm³/mol. The molecule has 4 rings (SSSR count). The van der Waals surface area contributed by atoms with Gasteiger partial charge in [0.1, 0.15) is 17.7 Å². The molecule has 0 aliphatic carbocycles. The van der Waals surface area contributed by atoms with Gasteiger partial charge >= 0.3 is 12.1 Å². The van der Waals surface area contributed by atoms with Crippen molar-refractivity contribution in [3.63, 3.8) is 0 Å². The van der Waals surface area contributed by atoms with Gasteiger partial charge in [0.2, 0.25) is 5.91 Å². The first-order chi connectivity index (χ1) is 16.7. The maximum absolute atomic E-state index is 13.9. The molecule has 0 fully saturated rings. The topological polar surface area (TPSA) is 101 Å². The fourth-order valence-electron chi connectivity index (χ4n) is 4.47. The summed E-state index contributed by atoms with van der Waals surface area (Å²) < 4.78 is 10.5. The molecule has 1 aromatic heterocycles. The van der Waals surface area contributed by atoms with Crippen LogP contribution < -0.4 is 5.32 Å². The first-order valence-corrected chi connectivity index (χ1v) is 11.7. The number of aromatic amines is 1. The molecule has 1 aliphatic heterocycles. The van der Waals surface area contributed by atoms with Crippen molar-refractivity contribution in [1.82, 2.24) is 15.2 Å². The van der Waals surface area contributed by atoms with Gasteiger partial charge in [-0.3, -0.25) is 4.79 Å². The molecule has 35 heavy (non-hydrogen) atoms. The molecule has 2 N–H and O–H groups in total. The van der Waals surface area contributed by atoms with Crippen LogP contribution in [0.5, 0.6) is 0 Å². The van der Waals surface area contributed by atoms with Gasteiger partial charge in [-0.05, 0) is 43.5 Å². The molecule has 3 aromatic rings. The van der Waals surface area contributed by atoms with E-state index in [2.05, 4.69) is 10.3 Å². The van der Waals surface area contributed by atoms with Crippen molar-refractivity contribution in [2.75, 3.05) is 7.11 Å². The number of hydrogen-bond donors (Lipinski definition) is 2. The Balaban J connectivity index is 1.67. The Kier molecular flexibility index (Phi) is 6.82. The number of carbonyl (C=O) groups is 3. The highest BCUT2D eigenvalue weighted by Crippen LogP contribution is 2.26. The maximum Gasteiger partial charge on any atom is 0.408 e. The summed E-state index contributed by atoms with van der Waals surface area (Å²) in [5.74, 6) is -0.859. The van der Waals surface area contributed by atoms with Gasteiger partial charge in [0.05, 0.1) is 7.11 Å². The average molecular weight is 478 g/mol. The lowest BCUT2D eigenvalue weighted by Gasteiger charge is -2.37. The van der Waals surface area contributed by atoms with Crippen molar-refractivity contribution in [1.29, 1.82) is 0 Å². The van der Waals surface area contributed by atoms with E-state index in [1.807, 2.05) is 54.7 Å². The quantitative estimate of drug-likeness (QED) is 0.546. The number of esters is 1. The number of H-pyrrole nitrogens is 1. The smallest absolute Gasteiger partial charge is 0.408 e. The lowest BCUT2D eigenvalue weighted by molar-refractivity contribution is -0.154. The number of hydrogen-bond acceptors (Lipinski definition) is 5. The second-order valence-electron chi connectivity index (χ2n) is 9.74. The van der Waals surface area contributed by atoms with E-state index in [4.69, 9.17) is 9.47 Å². The largest absolute Gasteiger partial charge is 0.467 e. The second kappa shape index (κ2) is 9.82. The average Bonchev–Trinajstić information content (AvgIpc) is 3.23. The zero-order chi connectivity index (χ0) is 25.2. The summed E-state index contributed by atoms with van der Waals surface area (Å²) in [7, 11) is 1.31. The molecule has 0 bridgehead atoms. The zero-order valence-corrected chi connectivity index (χ0v) is 20.5. The molecule has 0 saturated carbocycles. The number of amides is 2. The number of ether oxygens (including phenoxy) is 2. The molecule has 0 radical (unpaired) electrons. The van der Waals surface area contributed by atoms with Crippen molar-refractivity contribution in [2.45, 2.75) is 57.8 Å². The number of carbonyl (C=O) groups excluding carboxylic acids is 3. The molecule has 0 spiro atoms. The fraction of sp³-hybridized carbons (Fsp3) is 0.370. The van der Waals surface area contributed by atoms with Gasteiger partial charge in [0.25, 0.3) is 0 Å². The molecule has 2 amide bonds. The van der Waals surface area contributed by atoms with E-state index in [1.165, 1.54) is 12.0 Å². The molecule has 1 aliphatic rings. The number of methoxy groups -OCH3 is 1. The highest BCUT2D eigenvalue weighted by molar-refractivity contribution is 5.91. The highest BCUT2D eigenvalue weighted by Gasteiger charge is 2.39. The summed E-state index contributed by atoms with van der Waals surface area (Å²) in [5.41, 5.74) is 3.05. The number of nitrogens with one attached hydrogen (secondary N) is 2. The van der Waals surface area contributed by atoms with Crippen LogP contribution in [-0.4, -0.2) is 52.6 Å². The van der Waals surface area contributed by atoms with Crippen molar-refractivity contribution >= 4 is 28.9 Å². The Morgan fingerprint density at radius 3 is 2.49 bits per heavy atom. The standard InChI is InChI=1S/C27H31N3O5/c1-27(2,3)35-26(33)29-22(13-19-15-28-21-12-8-7-11-20(19)21)24(31)30-16-18-10-6-5-9-17(18)14-23(30)25(32)34-4/h5-12,15,22-23,28H,13-14,16H2,1-4H3,(H,29,33)/t22-,23-/m0/s1. The first-order valence-electron chi connectivity index (χ1n) is 11.7. The van der Waals surface area contributed by atoms with Crippen LogP contribution in [0.4, 0.5) is 4.79 Å². The SMILES string of the molecule is COC(=O)[C@@H]1Cc2ccccc2CN1C(=O)[C@H](Cc1c[nH]c2ccccc12)NC(=O)OC(C)(C)C. The Bertz CT molecular complexity index is 1240. The number of nitrogens with zero attached hydrogens (tertiary/aromatic N) is 1. The molecule has 0 saturated heterocycles. The van der Waals surface area contributed by atoms with Crippen molar-refractivity contribution < 1.29 is 23.9 Å². The van der Waals surface area contributed by atoms with Crippen molar-refractivity contribution in [2.24, 2.45) is 0 Å². The maximum atomic E-state index is 13.9. The van der Waals surface area contributed by atoms with E-state index in [0.29, 0.717) is 6.42 Å². The van der Waals surface area contributed by atoms with Crippen LogP contribution in [0.3, 0.4) is 0 Å². The van der Waals surface area contributed by atoms with Crippen LogP contribution >= 0.6 is 0 Å². The molecule has 8 nitrogen and oxygen atoms in total. The lowest BCUT2D eigenvalue weighted by atomic mass is 9.92. The predicted octanol–water partition coefficient (Wildman–Crippen LogP) is 3.73. The number of para-hydroxylation sites is 1. The summed E-state index contributed by atoms with van der Waals surface area (Å²) >= 11 is 0. The van der Waals surface area contributed by atoms with Gasteiger partial charge in [-0.15, -0.1) is 0 Å². The summed E-state index contributed by atoms with van der Waals surface area (Å²) in [4.78, 5) is 44.1. The normalized spacial score (nSPS) is 16.3. The number of fused-ring (bicyclic) bond motifs is 2. The summed E-state index contributed by atoms with van der Waals surface area (Å²) in [5, 5.41) is 3.72. The Labute approximate surface area is 204 Å². The van der Waals surface area contributed by atoms with E-state index in [9.17, 15) is 14.4 Å². The van der Waals surface area contributed by atoms with Gasteiger partial charge in [0.15, 0.2) is 0 Å². The van der Waals surface area contributed by atoms with Gasteiger partial charge in [-0.1, -0.05) is 42.5 Å². The minimum Gasteiger partial charge on any atom is -0.467 e. The first kappa shape index (κ1) is 24.3. The second-order valence-corrected chi connectivity index (χ2v) is 9.74. The van der Waals surface area contributed by atoms with Crippen LogP contribution in [0.15, 0.2) is 54.7 Å². The fourth-order valence-corrected chi connectivity index (χ4v) is 4.47. The molecular weight excluding hydrogens is 446 g/mol. The van der Waals surface area contributed by atoms with Gasteiger partial charge in [-0.2, -0.15) is 0 Å². The van der Waals surface area contributed by atoms with Crippen LogP contribution in [0.1, 0.15) is 37.5 Å².